The highest BCUT2D eigenvalue weighted by molar-refractivity contribution is 5.96. The van der Waals surface area contributed by atoms with E-state index in [1.165, 1.54) is 6.07 Å². The van der Waals surface area contributed by atoms with Gasteiger partial charge in [-0.25, -0.2) is 4.79 Å². The number of halogens is 1. The molecule has 1 atom stereocenters. The van der Waals surface area contributed by atoms with Gasteiger partial charge in [0.1, 0.15) is 5.58 Å². The van der Waals surface area contributed by atoms with Crippen LogP contribution in [0.3, 0.4) is 0 Å². The third-order valence-electron chi connectivity index (χ3n) is 3.60. The second-order valence-corrected chi connectivity index (χ2v) is 5.10. The van der Waals surface area contributed by atoms with E-state index < -0.39 is 0 Å². The Morgan fingerprint density at radius 3 is 2.90 bits per heavy atom. The molecule has 0 aliphatic carbocycles. The lowest BCUT2D eigenvalue weighted by atomic mass is 10.1. The molecule has 1 saturated heterocycles. The Bertz CT molecular complexity index is 720. The molecular weight excluding hydrogens is 292 g/mol. The van der Waals surface area contributed by atoms with E-state index in [4.69, 9.17) is 4.42 Å². The Labute approximate surface area is 128 Å². The number of fused-ring (bicyclic) bond motifs is 1. The first-order valence-corrected chi connectivity index (χ1v) is 6.72. The van der Waals surface area contributed by atoms with Gasteiger partial charge in [0, 0.05) is 23.2 Å². The average molecular weight is 309 g/mol. The first-order chi connectivity index (χ1) is 9.63. The molecule has 1 aromatic carbocycles. The van der Waals surface area contributed by atoms with Gasteiger partial charge in [-0.2, -0.15) is 0 Å². The number of anilines is 1. The first-order valence-electron chi connectivity index (χ1n) is 6.72. The van der Waals surface area contributed by atoms with Crippen LogP contribution in [0.1, 0.15) is 18.4 Å². The van der Waals surface area contributed by atoms with Crippen molar-refractivity contribution in [3.05, 3.63) is 40.2 Å². The Morgan fingerprint density at radius 2 is 2.19 bits per heavy atom. The zero-order chi connectivity index (χ0) is 14.1. The summed E-state index contributed by atoms with van der Waals surface area (Å²) in [5.41, 5.74) is 1.62. The SMILES string of the molecule is Cc1cc(=O)oc2cc(NC(=O)[C@@H]3CCCN3)ccc12.Cl. The molecule has 0 radical (unpaired) electrons. The minimum atomic E-state index is -0.379. The smallest absolute Gasteiger partial charge is 0.336 e. The average Bonchev–Trinajstić information content (AvgIpc) is 2.91. The van der Waals surface area contributed by atoms with Gasteiger partial charge < -0.3 is 15.1 Å². The normalized spacial score (nSPS) is 17.5. The molecule has 6 heteroatoms. The van der Waals surface area contributed by atoms with Crippen molar-refractivity contribution in [3.8, 4) is 0 Å². The number of amides is 1. The van der Waals surface area contributed by atoms with Crippen LogP contribution in [-0.4, -0.2) is 18.5 Å². The van der Waals surface area contributed by atoms with Gasteiger partial charge in [-0.1, -0.05) is 0 Å². The van der Waals surface area contributed by atoms with Crippen LogP contribution in [0.4, 0.5) is 5.69 Å². The number of carbonyl (C=O) groups is 1. The molecule has 5 nitrogen and oxygen atoms in total. The summed E-state index contributed by atoms with van der Waals surface area (Å²) >= 11 is 0. The zero-order valence-corrected chi connectivity index (χ0v) is 12.5. The van der Waals surface area contributed by atoms with Crippen LogP contribution >= 0.6 is 12.4 Å². The molecule has 0 spiro atoms. The van der Waals surface area contributed by atoms with Crippen molar-refractivity contribution in [2.24, 2.45) is 0 Å². The highest BCUT2D eigenvalue weighted by Gasteiger charge is 2.21. The molecule has 2 N–H and O–H groups in total. The van der Waals surface area contributed by atoms with E-state index in [1.54, 1.807) is 6.07 Å². The Balaban J connectivity index is 0.00000161. The van der Waals surface area contributed by atoms with Crippen molar-refractivity contribution < 1.29 is 9.21 Å². The fourth-order valence-corrected chi connectivity index (χ4v) is 2.54. The van der Waals surface area contributed by atoms with Crippen LogP contribution in [0.25, 0.3) is 11.0 Å². The maximum absolute atomic E-state index is 12.0. The highest BCUT2D eigenvalue weighted by atomic mass is 35.5. The van der Waals surface area contributed by atoms with Gasteiger partial charge in [0.15, 0.2) is 0 Å². The largest absolute Gasteiger partial charge is 0.423 e. The topological polar surface area (TPSA) is 71.3 Å². The van der Waals surface area contributed by atoms with Crippen molar-refractivity contribution >= 4 is 35.0 Å². The fourth-order valence-electron chi connectivity index (χ4n) is 2.54. The zero-order valence-electron chi connectivity index (χ0n) is 11.6. The lowest BCUT2D eigenvalue weighted by molar-refractivity contribution is -0.117. The van der Waals surface area contributed by atoms with Crippen molar-refractivity contribution in [2.45, 2.75) is 25.8 Å². The molecule has 2 heterocycles. The lowest BCUT2D eigenvalue weighted by Gasteiger charge is -2.11. The monoisotopic (exact) mass is 308 g/mol. The van der Waals surface area contributed by atoms with E-state index in [2.05, 4.69) is 10.6 Å². The minimum Gasteiger partial charge on any atom is -0.423 e. The Hall–Kier alpha value is -1.85. The number of rotatable bonds is 2. The molecule has 1 aromatic heterocycles. The molecule has 0 bridgehead atoms. The first kappa shape index (κ1) is 15.5. The van der Waals surface area contributed by atoms with Crippen molar-refractivity contribution in [2.75, 3.05) is 11.9 Å². The second-order valence-electron chi connectivity index (χ2n) is 5.10. The van der Waals surface area contributed by atoms with E-state index in [-0.39, 0.29) is 30.0 Å². The summed E-state index contributed by atoms with van der Waals surface area (Å²) in [5.74, 6) is -0.0446. The lowest BCUT2D eigenvalue weighted by Crippen LogP contribution is -2.35. The molecule has 112 valence electrons. The molecule has 21 heavy (non-hydrogen) atoms. The molecule has 1 aliphatic heterocycles. The molecule has 1 amide bonds. The van der Waals surface area contributed by atoms with Crippen molar-refractivity contribution in [3.63, 3.8) is 0 Å². The summed E-state index contributed by atoms with van der Waals surface area (Å²) in [6, 6.07) is 6.70. The van der Waals surface area contributed by atoms with Crippen LogP contribution in [0, 0.1) is 6.92 Å². The molecule has 3 rings (SSSR count). The van der Waals surface area contributed by atoms with E-state index in [0.717, 1.165) is 30.3 Å². The predicted molar refractivity (Wildman–Crippen MR) is 84.1 cm³/mol. The van der Waals surface area contributed by atoms with E-state index in [1.807, 2.05) is 19.1 Å². The number of nitrogens with one attached hydrogen (secondary N) is 2. The number of carbonyl (C=O) groups excluding carboxylic acids is 1. The van der Waals surface area contributed by atoms with Crippen LogP contribution in [0.2, 0.25) is 0 Å². The van der Waals surface area contributed by atoms with Crippen molar-refractivity contribution in [1.29, 1.82) is 0 Å². The fraction of sp³-hybridized carbons (Fsp3) is 0.333. The summed E-state index contributed by atoms with van der Waals surface area (Å²) in [6.07, 6.45) is 1.87. The van der Waals surface area contributed by atoms with Crippen molar-refractivity contribution in [1.82, 2.24) is 5.32 Å². The summed E-state index contributed by atoms with van der Waals surface area (Å²) in [5, 5.41) is 6.87. The van der Waals surface area contributed by atoms with Gasteiger partial charge in [-0.3, -0.25) is 4.79 Å². The molecule has 1 aliphatic rings. The van der Waals surface area contributed by atoms with Gasteiger partial charge in [0.25, 0.3) is 0 Å². The van der Waals surface area contributed by atoms with Gasteiger partial charge in [0.2, 0.25) is 5.91 Å². The molecule has 0 unspecified atom stereocenters. The summed E-state index contributed by atoms with van der Waals surface area (Å²) in [6.45, 7) is 2.74. The maximum atomic E-state index is 12.0. The van der Waals surface area contributed by atoms with Gasteiger partial charge in [-0.05, 0) is 44.0 Å². The molecular formula is C15H17ClN2O3. The third-order valence-corrected chi connectivity index (χ3v) is 3.60. The standard InChI is InChI=1S/C15H16N2O3.ClH/c1-9-7-14(18)20-13-8-10(4-5-11(9)13)17-15(19)12-3-2-6-16-12;/h4-5,7-8,12,16H,2-3,6H2,1H3,(H,17,19);1H/t12-;/m0./s1. The minimum absolute atomic E-state index is 0. The van der Waals surface area contributed by atoms with Gasteiger partial charge in [0.05, 0.1) is 6.04 Å². The quantitative estimate of drug-likeness (QED) is 0.835. The molecule has 1 fully saturated rings. The number of benzene rings is 1. The van der Waals surface area contributed by atoms with Gasteiger partial charge >= 0.3 is 5.63 Å². The number of aryl methyl sites for hydroxylation is 1. The van der Waals surface area contributed by atoms with Crippen LogP contribution in [-0.2, 0) is 4.79 Å². The van der Waals surface area contributed by atoms with Crippen LogP contribution in [0.15, 0.2) is 33.5 Å². The van der Waals surface area contributed by atoms with E-state index >= 15 is 0 Å². The maximum Gasteiger partial charge on any atom is 0.336 e. The number of hydrogen-bond acceptors (Lipinski definition) is 4. The van der Waals surface area contributed by atoms with Gasteiger partial charge in [-0.15, -0.1) is 12.4 Å². The summed E-state index contributed by atoms with van der Waals surface area (Å²) in [7, 11) is 0. The third kappa shape index (κ3) is 3.25. The summed E-state index contributed by atoms with van der Waals surface area (Å²) < 4.78 is 5.17. The molecule has 0 saturated carbocycles. The Morgan fingerprint density at radius 1 is 1.38 bits per heavy atom. The molecule has 2 aromatic rings. The second kappa shape index (κ2) is 6.28. The Kier molecular flexibility index (Phi) is 4.65. The van der Waals surface area contributed by atoms with Crippen LogP contribution < -0.4 is 16.3 Å². The van der Waals surface area contributed by atoms with Crippen LogP contribution in [0.5, 0.6) is 0 Å². The summed E-state index contributed by atoms with van der Waals surface area (Å²) in [4.78, 5) is 23.4. The highest BCUT2D eigenvalue weighted by Crippen LogP contribution is 2.21. The van der Waals surface area contributed by atoms with E-state index in [9.17, 15) is 9.59 Å². The predicted octanol–water partition coefficient (Wildman–Crippen LogP) is 2.21. The van der Waals surface area contributed by atoms with E-state index in [0.29, 0.717) is 11.3 Å². The number of hydrogen-bond donors (Lipinski definition) is 2.